The second-order valence-corrected chi connectivity index (χ2v) is 6.57. The molecule has 5 nitrogen and oxygen atoms in total. The van der Waals surface area contributed by atoms with Gasteiger partial charge in [0.1, 0.15) is 0 Å². The van der Waals surface area contributed by atoms with Crippen molar-refractivity contribution in [3.05, 3.63) is 58.9 Å². The summed E-state index contributed by atoms with van der Waals surface area (Å²) < 4.78 is 0. The number of nitrogens with one attached hydrogen (secondary N) is 1. The van der Waals surface area contributed by atoms with Crippen LogP contribution < -0.4 is 5.32 Å². The van der Waals surface area contributed by atoms with Crippen molar-refractivity contribution in [2.75, 3.05) is 18.4 Å². The summed E-state index contributed by atoms with van der Waals surface area (Å²) in [5.74, 6) is -0.308. The van der Waals surface area contributed by atoms with Crippen LogP contribution in [0.1, 0.15) is 51.1 Å². The second kappa shape index (κ2) is 7.47. The van der Waals surface area contributed by atoms with Crippen LogP contribution in [0.4, 0.5) is 5.69 Å². The van der Waals surface area contributed by atoms with Gasteiger partial charge in [0.15, 0.2) is 0 Å². The topological polar surface area (TPSA) is 62.3 Å². The van der Waals surface area contributed by atoms with Gasteiger partial charge in [0.2, 0.25) is 0 Å². The summed E-state index contributed by atoms with van der Waals surface area (Å²) in [5, 5.41) is 2.87. The van der Waals surface area contributed by atoms with Crippen LogP contribution in [0.2, 0.25) is 0 Å². The number of hydrogen-bond donors (Lipinski definition) is 1. The third-order valence-corrected chi connectivity index (χ3v) is 4.66. The molecule has 0 spiro atoms. The molecule has 0 atom stereocenters. The molecule has 0 radical (unpaired) electrons. The Bertz CT molecular complexity index is 795. The summed E-state index contributed by atoms with van der Waals surface area (Å²) in [7, 11) is 0. The van der Waals surface area contributed by atoms with Gasteiger partial charge in [0.05, 0.1) is 11.1 Å². The number of amides is 2. The smallest absolute Gasteiger partial charge is 0.257 e. The SMILES string of the molecule is Cc1ccc(NC(=O)c2cncc(C(=O)N3CCCCC3)c2)cc1C. The normalized spacial score (nSPS) is 14.2. The molecule has 0 aliphatic carbocycles. The lowest BCUT2D eigenvalue weighted by Gasteiger charge is -2.26. The number of benzene rings is 1. The number of pyridine rings is 1. The predicted molar refractivity (Wildman–Crippen MR) is 97.9 cm³/mol. The van der Waals surface area contributed by atoms with Crippen molar-refractivity contribution >= 4 is 17.5 Å². The Kier molecular flexibility index (Phi) is 5.12. The number of aromatic nitrogens is 1. The number of anilines is 1. The van der Waals surface area contributed by atoms with Crippen LogP contribution in [0.5, 0.6) is 0 Å². The number of piperidine rings is 1. The minimum Gasteiger partial charge on any atom is -0.339 e. The van der Waals surface area contributed by atoms with Crippen LogP contribution in [-0.4, -0.2) is 34.8 Å². The molecule has 0 bridgehead atoms. The van der Waals surface area contributed by atoms with Crippen LogP contribution in [0.3, 0.4) is 0 Å². The van der Waals surface area contributed by atoms with Crippen LogP contribution in [0.25, 0.3) is 0 Å². The molecule has 1 N–H and O–H groups in total. The average Bonchev–Trinajstić information content (AvgIpc) is 2.65. The first-order chi connectivity index (χ1) is 12.0. The minimum atomic E-state index is -0.260. The molecule has 1 aromatic heterocycles. The van der Waals surface area contributed by atoms with Crippen molar-refractivity contribution in [3.63, 3.8) is 0 Å². The van der Waals surface area contributed by atoms with E-state index in [0.29, 0.717) is 11.1 Å². The summed E-state index contributed by atoms with van der Waals surface area (Å²) in [6.07, 6.45) is 6.26. The number of nitrogens with zero attached hydrogens (tertiary/aromatic N) is 2. The molecule has 25 heavy (non-hydrogen) atoms. The lowest BCUT2D eigenvalue weighted by Crippen LogP contribution is -2.35. The quantitative estimate of drug-likeness (QED) is 0.931. The maximum Gasteiger partial charge on any atom is 0.257 e. The van der Waals surface area contributed by atoms with Crippen LogP contribution in [0.15, 0.2) is 36.7 Å². The molecule has 2 aromatic rings. The van der Waals surface area contributed by atoms with Crippen LogP contribution in [0, 0.1) is 13.8 Å². The van der Waals surface area contributed by atoms with Crippen molar-refractivity contribution in [2.45, 2.75) is 33.1 Å². The van der Waals surface area contributed by atoms with Gasteiger partial charge in [0, 0.05) is 31.2 Å². The number of hydrogen-bond acceptors (Lipinski definition) is 3. The van der Waals surface area contributed by atoms with Crippen molar-refractivity contribution in [3.8, 4) is 0 Å². The first-order valence-electron chi connectivity index (χ1n) is 8.67. The highest BCUT2D eigenvalue weighted by molar-refractivity contribution is 6.05. The van der Waals surface area contributed by atoms with E-state index in [9.17, 15) is 9.59 Å². The van der Waals surface area contributed by atoms with Gasteiger partial charge in [-0.1, -0.05) is 6.07 Å². The molecular weight excluding hydrogens is 314 g/mol. The standard InChI is InChI=1S/C20H23N3O2/c1-14-6-7-18(10-15(14)2)22-19(24)16-11-17(13-21-12-16)20(25)23-8-4-3-5-9-23/h6-7,10-13H,3-5,8-9H2,1-2H3,(H,22,24). The van der Waals surface area contributed by atoms with E-state index in [1.165, 1.54) is 24.4 Å². The molecular formula is C20H23N3O2. The minimum absolute atomic E-state index is 0.0481. The zero-order valence-corrected chi connectivity index (χ0v) is 14.7. The largest absolute Gasteiger partial charge is 0.339 e. The fourth-order valence-corrected chi connectivity index (χ4v) is 2.98. The molecule has 1 fully saturated rings. The molecule has 1 saturated heterocycles. The van der Waals surface area contributed by atoms with E-state index in [1.54, 1.807) is 6.07 Å². The molecule has 1 aliphatic rings. The van der Waals surface area contributed by atoms with Gasteiger partial charge >= 0.3 is 0 Å². The van der Waals surface area contributed by atoms with Crippen molar-refractivity contribution in [2.24, 2.45) is 0 Å². The highest BCUT2D eigenvalue weighted by Crippen LogP contribution is 2.17. The number of carbonyl (C=O) groups excluding carboxylic acids is 2. The summed E-state index contributed by atoms with van der Waals surface area (Å²) in [6.45, 7) is 5.58. The molecule has 3 rings (SSSR count). The molecule has 1 aliphatic heterocycles. The second-order valence-electron chi connectivity index (χ2n) is 6.57. The Morgan fingerprint density at radius 1 is 0.960 bits per heavy atom. The fourth-order valence-electron chi connectivity index (χ4n) is 2.98. The summed E-state index contributed by atoms with van der Waals surface area (Å²) in [6, 6.07) is 7.40. The number of carbonyl (C=O) groups is 2. The zero-order valence-electron chi connectivity index (χ0n) is 14.7. The Labute approximate surface area is 148 Å². The van der Waals surface area contributed by atoms with E-state index in [1.807, 2.05) is 36.9 Å². The molecule has 1 aromatic carbocycles. The lowest BCUT2D eigenvalue weighted by atomic mass is 10.1. The number of likely N-dealkylation sites (tertiary alicyclic amines) is 1. The zero-order chi connectivity index (χ0) is 17.8. The maximum absolute atomic E-state index is 12.6. The van der Waals surface area contributed by atoms with E-state index < -0.39 is 0 Å². The first kappa shape index (κ1) is 17.1. The molecule has 5 heteroatoms. The maximum atomic E-state index is 12.6. The van der Waals surface area contributed by atoms with Crippen molar-refractivity contribution in [1.29, 1.82) is 0 Å². The highest BCUT2D eigenvalue weighted by atomic mass is 16.2. The predicted octanol–water partition coefficient (Wildman–Crippen LogP) is 3.58. The van der Waals surface area contributed by atoms with E-state index in [2.05, 4.69) is 10.3 Å². The van der Waals surface area contributed by atoms with E-state index in [0.717, 1.165) is 37.2 Å². The summed E-state index contributed by atoms with van der Waals surface area (Å²) in [4.78, 5) is 31.0. The van der Waals surface area contributed by atoms with E-state index >= 15 is 0 Å². The Morgan fingerprint density at radius 3 is 2.40 bits per heavy atom. The average molecular weight is 337 g/mol. The summed E-state index contributed by atoms with van der Waals surface area (Å²) in [5.41, 5.74) is 3.88. The van der Waals surface area contributed by atoms with Gasteiger partial charge in [-0.3, -0.25) is 14.6 Å². The van der Waals surface area contributed by atoms with Crippen molar-refractivity contribution in [1.82, 2.24) is 9.88 Å². The van der Waals surface area contributed by atoms with Gasteiger partial charge < -0.3 is 10.2 Å². The molecule has 0 unspecified atom stereocenters. The summed E-state index contributed by atoms with van der Waals surface area (Å²) >= 11 is 0. The first-order valence-corrected chi connectivity index (χ1v) is 8.67. The van der Waals surface area contributed by atoms with Gasteiger partial charge in [-0.25, -0.2) is 0 Å². The Hall–Kier alpha value is -2.69. The lowest BCUT2D eigenvalue weighted by molar-refractivity contribution is 0.0724. The van der Waals surface area contributed by atoms with E-state index in [4.69, 9.17) is 0 Å². The number of rotatable bonds is 3. The van der Waals surface area contributed by atoms with Gasteiger partial charge in [-0.05, 0) is 62.4 Å². The Balaban J connectivity index is 1.74. The third-order valence-electron chi connectivity index (χ3n) is 4.66. The van der Waals surface area contributed by atoms with Crippen molar-refractivity contribution < 1.29 is 9.59 Å². The van der Waals surface area contributed by atoms with Gasteiger partial charge in [-0.15, -0.1) is 0 Å². The Morgan fingerprint density at radius 2 is 1.68 bits per heavy atom. The number of aryl methyl sites for hydroxylation is 2. The van der Waals surface area contributed by atoms with E-state index in [-0.39, 0.29) is 11.8 Å². The molecule has 0 saturated carbocycles. The van der Waals surface area contributed by atoms with Gasteiger partial charge in [-0.2, -0.15) is 0 Å². The van der Waals surface area contributed by atoms with Crippen LogP contribution >= 0.6 is 0 Å². The highest BCUT2D eigenvalue weighted by Gasteiger charge is 2.19. The van der Waals surface area contributed by atoms with Gasteiger partial charge in [0.25, 0.3) is 11.8 Å². The molecule has 130 valence electrons. The monoisotopic (exact) mass is 337 g/mol. The fraction of sp³-hybridized carbons (Fsp3) is 0.350. The molecule has 2 heterocycles. The van der Waals surface area contributed by atoms with Crippen LogP contribution in [-0.2, 0) is 0 Å². The molecule has 2 amide bonds. The third kappa shape index (κ3) is 4.05.